The maximum absolute atomic E-state index is 5.32. The van der Waals surface area contributed by atoms with Crippen molar-refractivity contribution in [3.63, 3.8) is 0 Å². The van der Waals surface area contributed by atoms with E-state index in [1.54, 1.807) is 0 Å². The molecule has 96 valence electrons. The second kappa shape index (κ2) is 5.63. The van der Waals surface area contributed by atoms with Crippen LogP contribution in [0.3, 0.4) is 0 Å². The number of likely N-dealkylation sites (N-methyl/N-ethyl adjacent to an activating group) is 1. The Morgan fingerprint density at radius 1 is 1.35 bits per heavy atom. The van der Waals surface area contributed by atoms with Gasteiger partial charge in [-0.3, -0.25) is 0 Å². The van der Waals surface area contributed by atoms with Crippen LogP contribution in [-0.4, -0.2) is 23.2 Å². The van der Waals surface area contributed by atoms with Gasteiger partial charge >= 0.3 is 0 Å². The molecule has 1 heterocycles. The maximum Gasteiger partial charge on any atom is 0.228 e. The summed E-state index contributed by atoms with van der Waals surface area (Å²) in [4.78, 5) is 4.53. The zero-order chi connectivity index (χ0) is 12.3. The summed E-state index contributed by atoms with van der Waals surface area (Å²) in [5.41, 5.74) is 0. The van der Waals surface area contributed by atoms with Crippen molar-refractivity contribution < 1.29 is 4.52 Å². The quantitative estimate of drug-likeness (QED) is 0.874. The number of nitrogens with one attached hydrogen (secondary N) is 1. The standard InChI is InChI=1S/C13H23N3O/c1-9-4-6-11(7-5-9)13-15-12(17-16-13)8-10(2)14-3/h9-11,14H,4-8H2,1-3H3. The van der Waals surface area contributed by atoms with Crippen molar-refractivity contribution in [2.45, 2.75) is 57.9 Å². The van der Waals surface area contributed by atoms with Gasteiger partial charge in [-0.15, -0.1) is 0 Å². The molecule has 1 aromatic heterocycles. The second-order valence-electron chi connectivity index (χ2n) is 5.40. The SMILES string of the molecule is CNC(C)Cc1nc(C2CCC(C)CC2)no1. The number of hydrogen-bond acceptors (Lipinski definition) is 4. The molecule has 1 N–H and O–H groups in total. The van der Waals surface area contributed by atoms with Gasteiger partial charge in [0.25, 0.3) is 0 Å². The average molecular weight is 237 g/mol. The molecule has 17 heavy (non-hydrogen) atoms. The van der Waals surface area contributed by atoms with E-state index < -0.39 is 0 Å². The Balaban J connectivity index is 1.93. The Morgan fingerprint density at radius 3 is 2.71 bits per heavy atom. The van der Waals surface area contributed by atoms with E-state index in [1.807, 2.05) is 7.05 Å². The highest BCUT2D eigenvalue weighted by Gasteiger charge is 2.24. The Hall–Kier alpha value is -0.900. The summed E-state index contributed by atoms with van der Waals surface area (Å²) in [6, 6.07) is 0.384. The van der Waals surface area contributed by atoms with Gasteiger partial charge in [0, 0.05) is 18.4 Å². The molecule has 0 aromatic carbocycles. The molecule has 1 aliphatic rings. The van der Waals surface area contributed by atoms with Gasteiger partial charge < -0.3 is 9.84 Å². The molecule has 0 bridgehead atoms. The summed E-state index contributed by atoms with van der Waals surface area (Å²) in [6.07, 6.45) is 5.82. The molecule has 1 aromatic rings. The van der Waals surface area contributed by atoms with Crippen molar-refractivity contribution in [2.75, 3.05) is 7.05 Å². The highest BCUT2D eigenvalue weighted by Crippen LogP contribution is 2.34. The molecular formula is C13H23N3O. The van der Waals surface area contributed by atoms with E-state index in [0.29, 0.717) is 12.0 Å². The van der Waals surface area contributed by atoms with E-state index in [-0.39, 0.29) is 0 Å². The predicted octanol–water partition coefficient (Wildman–Crippen LogP) is 2.51. The van der Waals surface area contributed by atoms with Crippen molar-refractivity contribution in [1.29, 1.82) is 0 Å². The van der Waals surface area contributed by atoms with E-state index >= 15 is 0 Å². The third-order valence-electron chi connectivity index (χ3n) is 3.84. The van der Waals surface area contributed by atoms with Crippen LogP contribution in [0.25, 0.3) is 0 Å². The van der Waals surface area contributed by atoms with E-state index in [1.165, 1.54) is 25.7 Å². The smallest absolute Gasteiger partial charge is 0.228 e. The Kier molecular flexibility index (Phi) is 4.15. The molecule has 0 radical (unpaired) electrons. The summed E-state index contributed by atoms with van der Waals surface area (Å²) in [6.45, 7) is 4.44. The zero-order valence-corrected chi connectivity index (χ0v) is 11.1. The van der Waals surface area contributed by atoms with Gasteiger partial charge in [-0.25, -0.2) is 0 Å². The minimum atomic E-state index is 0.384. The van der Waals surface area contributed by atoms with Crippen LogP contribution in [0.1, 0.15) is 57.2 Å². The van der Waals surface area contributed by atoms with E-state index in [0.717, 1.165) is 24.1 Å². The van der Waals surface area contributed by atoms with Gasteiger partial charge in [0.2, 0.25) is 5.89 Å². The second-order valence-corrected chi connectivity index (χ2v) is 5.40. The summed E-state index contributed by atoms with van der Waals surface area (Å²) in [5, 5.41) is 7.32. The van der Waals surface area contributed by atoms with E-state index in [4.69, 9.17) is 4.52 Å². The summed E-state index contributed by atoms with van der Waals surface area (Å²) in [7, 11) is 1.95. The van der Waals surface area contributed by atoms with Crippen LogP contribution in [0.2, 0.25) is 0 Å². The van der Waals surface area contributed by atoms with Gasteiger partial charge in [-0.2, -0.15) is 4.98 Å². The third-order valence-corrected chi connectivity index (χ3v) is 3.84. The van der Waals surface area contributed by atoms with Crippen LogP contribution < -0.4 is 5.32 Å². The molecule has 1 fully saturated rings. The Labute approximate surface area is 103 Å². The first-order chi connectivity index (χ1) is 8.19. The van der Waals surface area contributed by atoms with Crippen LogP contribution in [-0.2, 0) is 6.42 Å². The minimum Gasteiger partial charge on any atom is -0.339 e. The van der Waals surface area contributed by atoms with Gasteiger partial charge in [0.1, 0.15) is 0 Å². The summed E-state index contributed by atoms with van der Waals surface area (Å²) >= 11 is 0. The van der Waals surface area contributed by atoms with Crippen molar-refractivity contribution in [2.24, 2.45) is 5.92 Å². The van der Waals surface area contributed by atoms with Crippen LogP contribution in [0.5, 0.6) is 0 Å². The van der Waals surface area contributed by atoms with Gasteiger partial charge in [0.05, 0.1) is 0 Å². The fourth-order valence-corrected chi connectivity index (χ4v) is 2.40. The predicted molar refractivity (Wildman–Crippen MR) is 66.9 cm³/mol. The molecule has 0 amide bonds. The Morgan fingerprint density at radius 2 is 2.06 bits per heavy atom. The van der Waals surface area contributed by atoms with Gasteiger partial charge in [0.15, 0.2) is 5.82 Å². The number of nitrogens with zero attached hydrogens (tertiary/aromatic N) is 2. The lowest BCUT2D eigenvalue weighted by Crippen LogP contribution is -2.23. The van der Waals surface area contributed by atoms with Crippen molar-refractivity contribution in [3.8, 4) is 0 Å². The molecule has 1 unspecified atom stereocenters. The molecule has 4 heteroatoms. The lowest BCUT2D eigenvalue weighted by Gasteiger charge is -2.23. The maximum atomic E-state index is 5.32. The van der Waals surface area contributed by atoms with Crippen LogP contribution in [0.4, 0.5) is 0 Å². The van der Waals surface area contributed by atoms with E-state index in [2.05, 4.69) is 29.3 Å². The third kappa shape index (κ3) is 3.28. The average Bonchev–Trinajstić information content (AvgIpc) is 2.78. The highest BCUT2D eigenvalue weighted by molar-refractivity contribution is 4.98. The number of aromatic nitrogens is 2. The van der Waals surface area contributed by atoms with Gasteiger partial charge in [-0.05, 0) is 32.7 Å². The lowest BCUT2D eigenvalue weighted by atomic mass is 9.83. The monoisotopic (exact) mass is 237 g/mol. The van der Waals surface area contributed by atoms with Gasteiger partial charge in [-0.1, -0.05) is 24.9 Å². The molecule has 2 rings (SSSR count). The minimum absolute atomic E-state index is 0.384. The fourth-order valence-electron chi connectivity index (χ4n) is 2.40. The summed E-state index contributed by atoms with van der Waals surface area (Å²) < 4.78 is 5.32. The van der Waals surface area contributed by atoms with Crippen molar-refractivity contribution in [1.82, 2.24) is 15.5 Å². The number of rotatable bonds is 4. The van der Waals surface area contributed by atoms with Crippen molar-refractivity contribution in [3.05, 3.63) is 11.7 Å². The topological polar surface area (TPSA) is 51.0 Å². The highest BCUT2D eigenvalue weighted by atomic mass is 16.5. The first kappa shape index (κ1) is 12.6. The molecule has 0 spiro atoms. The van der Waals surface area contributed by atoms with Crippen molar-refractivity contribution >= 4 is 0 Å². The van der Waals surface area contributed by atoms with Crippen LogP contribution >= 0.6 is 0 Å². The molecule has 4 nitrogen and oxygen atoms in total. The molecule has 1 saturated carbocycles. The van der Waals surface area contributed by atoms with Crippen LogP contribution in [0, 0.1) is 5.92 Å². The van der Waals surface area contributed by atoms with Crippen LogP contribution in [0.15, 0.2) is 4.52 Å². The largest absolute Gasteiger partial charge is 0.339 e. The van der Waals surface area contributed by atoms with E-state index in [9.17, 15) is 0 Å². The Bertz CT molecular complexity index is 342. The fraction of sp³-hybridized carbons (Fsp3) is 0.846. The summed E-state index contributed by atoms with van der Waals surface area (Å²) in [5.74, 6) is 3.08. The normalized spacial score (nSPS) is 27.0. The molecule has 1 aliphatic carbocycles. The lowest BCUT2D eigenvalue weighted by molar-refractivity contribution is 0.322. The number of hydrogen-bond donors (Lipinski definition) is 1. The first-order valence-corrected chi connectivity index (χ1v) is 6.68. The zero-order valence-electron chi connectivity index (χ0n) is 11.1. The molecular weight excluding hydrogens is 214 g/mol. The molecule has 0 aliphatic heterocycles. The first-order valence-electron chi connectivity index (χ1n) is 6.68. The molecule has 0 saturated heterocycles. The molecule has 1 atom stereocenters.